The number of aromatic nitrogens is 2. The highest BCUT2D eigenvalue weighted by Gasteiger charge is 2.31. The van der Waals surface area contributed by atoms with Crippen molar-refractivity contribution in [3.8, 4) is 17.2 Å². The number of aryl methyl sites for hydroxylation is 1. The first-order valence-electron chi connectivity index (χ1n) is 13.2. The van der Waals surface area contributed by atoms with E-state index in [1.54, 1.807) is 24.3 Å². The molecule has 2 fully saturated rings. The number of imide groups is 1. The number of anilines is 1. The van der Waals surface area contributed by atoms with E-state index in [2.05, 4.69) is 16.3 Å². The van der Waals surface area contributed by atoms with Crippen LogP contribution in [0.25, 0.3) is 11.0 Å². The quantitative estimate of drug-likeness (QED) is 0.341. The van der Waals surface area contributed by atoms with Crippen LogP contribution in [0.1, 0.15) is 12.8 Å². The largest absolute Gasteiger partial charge is 0.486 e. The minimum Gasteiger partial charge on any atom is -0.486 e. The van der Waals surface area contributed by atoms with E-state index in [1.807, 2.05) is 48.0 Å². The molecule has 1 unspecified atom stereocenters. The monoisotopic (exact) mass is 545 g/mol. The summed E-state index contributed by atoms with van der Waals surface area (Å²) >= 11 is 0.704. The van der Waals surface area contributed by atoms with Crippen molar-refractivity contribution in [3.63, 3.8) is 0 Å². The molecule has 0 spiro atoms. The topological polar surface area (TPSA) is 94.9 Å². The lowest BCUT2D eigenvalue weighted by molar-refractivity contribution is -0.118. The number of fused-ring (bicyclic) bond motifs is 1. The number of nitrogens with one attached hydrogen (secondary N) is 1. The third-order valence-corrected chi connectivity index (χ3v) is 7.59. The van der Waals surface area contributed by atoms with Gasteiger partial charge in [-0.25, -0.2) is 4.98 Å². The molecule has 2 aliphatic rings. The highest BCUT2D eigenvalue weighted by molar-refractivity contribution is 8.15. The number of para-hydroxylation sites is 2. The highest BCUT2D eigenvalue weighted by Crippen LogP contribution is 2.34. The maximum Gasteiger partial charge on any atom is 0.286 e. The third-order valence-electron chi connectivity index (χ3n) is 6.73. The summed E-state index contributed by atoms with van der Waals surface area (Å²) in [5.41, 5.74) is 3.59. The number of carbonyl (C=O) groups is 2. The molecule has 3 heterocycles. The average molecular weight is 546 g/mol. The van der Waals surface area contributed by atoms with Crippen LogP contribution in [-0.2, 0) is 29.6 Å². The van der Waals surface area contributed by atoms with Crippen LogP contribution in [0.4, 0.5) is 10.5 Å². The number of morpholine rings is 1. The van der Waals surface area contributed by atoms with E-state index in [0.29, 0.717) is 30.7 Å². The summed E-state index contributed by atoms with van der Waals surface area (Å²) < 4.78 is 28.1. The van der Waals surface area contributed by atoms with Gasteiger partial charge in [-0.15, -0.1) is 0 Å². The Morgan fingerprint density at radius 2 is 1.85 bits per heavy atom. The molecule has 1 N–H and O–H groups in total. The van der Waals surface area contributed by atoms with Crippen molar-refractivity contribution < 1.29 is 25.2 Å². The van der Waals surface area contributed by atoms with Gasteiger partial charge in [0.05, 0.1) is 36.5 Å². The second-order valence-electron chi connectivity index (χ2n) is 9.28. The molecule has 3 aromatic carbocycles. The zero-order chi connectivity index (χ0) is 27.7. The fourth-order valence-electron chi connectivity index (χ4n) is 4.65. The number of thioether (sulfide) groups is 1. The molecule has 1 aromatic heterocycles. The van der Waals surface area contributed by atoms with E-state index >= 15 is 0 Å². The molecule has 39 heavy (non-hydrogen) atoms. The molecule has 0 aliphatic carbocycles. The molecule has 0 bridgehead atoms. The molecule has 2 saturated heterocycles. The minimum absolute atomic E-state index is 0.127. The number of nitrogens with zero attached hydrogens (tertiary/aromatic N) is 3. The number of amides is 2. The van der Waals surface area contributed by atoms with Crippen LogP contribution in [0.15, 0.2) is 66.7 Å². The highest BCUT2D eigenvalue weighted by atomic mass is 32.2. The van der Waals surface area contributed by atoms with Crippen molar-refractivity contribution in [3.05, 3.63) is 78.1 Å². The van der Waals surface area contributed by atoms with Crippen LogP contribution >= 0.6 is 11.8 Å². The molecule has 200 valence electrons. The molecule has 0 saturated carbocycles. The summed E-state index contributed by atoms with van der Waals surface area (Å²) in [4.78, 5) is 30.4. The Morgan fingerprint density at radius 1 is 1.08 bits per heavy atom. The van der Waals surface area contributed by atoms with Gasteiger partial charge in [0.1, 0.15) is 23.9 Å². The summed E-state index contributed by atoms with van der Waals surface area (Å²) in [5.74, 6) is 2.33. The first-order valence-corrected chi connectivity index (χ1v) is 13.5. The maximum atomic E-state index is 11.9. The molecular weight excluding hydrogens is 516 g/mol. The molecule has 9 nitrogen and oxygen atoms in total. The Balaban J connectivity index is 1.13. The van der Waals surface area contributed by atoms with E-state index < -0.39 is 16.4 Å². The zero-order valence-corrected chi connectivity index (χ0v) is 22.2. The van der Waals surface area contributed by atoms with E-state index in [-0.39, 0.29) is 13.0 Å². The normalized spacial score (nSPS) is 19.7. The van der Waals surface area contributed by atoms with Crippen LogP contribution in [-0.4, -0.2) is 52.2 Å². The lowest BCUT2D eigenvalue weighted by atomic mass is 10.1. The number of ether oxygens (including phenoxy) is 3. The van der Waals surface area contributed by atoms with Gasteiger partial charge in [0.25, 0.3) is 5.24 Å². The van der Waals surface area contributed by atoms with Crippen molar-refractivity contribution in [2.24, 2.45) is 7.05 Å². The molecule has 0 radical (unpaired) electrons. The maximum absolute atomic E-state index is 11.9. The first kappa shape index (κ1) is 24.1. The lowest BCUT2D eigenvalue weighted by Crippen LogP contribution is -2.36. The number of carbonyl (C=O) groups excluding carboxylic acids is 2. The zero-order valence-electron chi connectivity index (χ0n) is 22.4. The van der Waals surface area contributed by atoms with Crippen LogP contribution in [0.2, 0.25) is 0 Å². The SMILES string of the molecule is [2H]C1(Cc2ccc(OCc3nc4ccc(Oc5ccccc5N5CCOCC5)cc4n3C)cc2)SC(=O)NC1=O. The van der Waals surface area contributed by atoms with Gasteiger partial charge in [0, 0.05) is 26.2 Å². The Kier molecular flexibility index (Phi) is 6.78. The molecule has 2 aliphatic heterocycles. The van der Waals surface area contributed by atoms with Crippen LogP contribution < -0.4 is 19.7 Å². The number of benzene rings is 3. The molecule has 2 amide bonds. The number of hydrogen-bond acceptors (Lipinski definition) is 8. The summed E-state index contributed by atoms with van der Waals surface area (Å²) in [6.07, 6.45) is 0.127. The Morgan fingerprint density at radius 3 is 2.62 bits per heavy atom. The summed E-state index contributed by atoms with van der Waals surface area (Å²) in [7, 11) is 1.95. The first-order chi connectivity index (χ1) is 19.4. The Labute approximate surface area is 231 Å². The van der Waals surface area contributed by atoms with Crippen LogP contribution in [0.5, 0.6) is 17.2 Å². The van der Waals surface area contributed by atoms with Gasteiger partial charge in [-0.05, 0) is 48.4 Å². The summed E-state index contributed by atoms with van der Waals surface area (Å²) in [6.45, 7) is 3.33. The van der Waals surface area contributed by atoms with Gasteiger partial charge < -0.3 is 23.7 Å². The molecular formula is C29H28N4O5S. The van der Waals surface area contributed by atoms with Crippen molar-refractivity contribution in [1.82, 2.24) is 14.9 Å². The third kappa shape index (κ3) is 5.57. The van der Waals surface area contributed by atoms with Gasteiger partial charge in [0.2, 0.25) is 5.91 Å². The second-order valence-corrected chi connectivity index (χ2v) is 10.4. The van der Waals surface area contributed by atoms with E-state index in [0.717, 1.165) is 52.7 Å². The van der Waals surface area contributed by atoms with Crippen molar-refractivity contribution in [2.75, 3.05) is 31.2 Å². The fourth-order valence-corrected chi connectivity index (χ4v) is 5.40. The van der Waals surface area contributed by atoms with E-state index in [9.17, 15) is 9.59 Å². The standard InChI is InChI=1S/C29H28N4O5S/c1-32-24-17-21(38-25-5-3-2-4-23(25)33-12-14-36-15-13-33)10-11-22(24)30-27(32)18-37-20-8-6-19(7-9-20)16-26-28(34)31-29(35)39-26/h2-11,17,26H,12-16,18H2,1H3,(H,31,34,35)/i26D. The smallest absolute Gasteiger partial charge is 0.286 e. The number of hydrogen-bond donors (Lipinski definition) is 1. The van der Waals surface area contributed by atoms with Gasteiger partial charge in [-0.3, -0.25) is 14.9 Å². The lowest BCUT2D eigenvalue weighted by Gasteiger charge is -2.30. The molecule has 6 rings (SSSR count). The second kappa shape index (κ2) is 11.0. The Bertz CT molecular complexity index is 1570. The minimum atomic E-state index is -1.54. The predicted molar refractivity (Wildman–Crippen MR) is 150 cm³/mol. The van der Waals surface area contributed by atoms with Crippen LogP contribution in [0, 0.1) is 0 Å². The average Bonchev–Trinajstić information content (AvgIpc) is 3.41. The van der Waals surface area contributed by atoms with E-state index in [1.165, 1.54) is 0 Å². The van der Waals surface area contributed by atoms with Gasteiger partial charge in [-0.2, -0.15) is 0 Å². The summed E-state index contributed by atoms with van der Waals surface area (Å²) in [5, 5.41) is 0.146. The van der Waals surface area contributed by atoms with Crippen molar-refractivity contribution in [2.45, 2.75) is 18.3 Å². The summed E-state index contributed by atoms with van der Waals surface area (Å²) in [6, 6.07) is 21.1. The Hall–Kier alpha value is -4.02. The van der Waals surface area contributed by atoms with Gasteiger partial charge >= 0.3 is 0 Å². The fraction of sp³-hybridized carbons (Fsp3) is 0.276. The van der Waals surface area contributed by atoms with E-state index in [4.69, 9.17) is 20.6 Å². The number of imidazole rings is 1. The van der Waals surface area contributed by atoms with Crippen LogP contribution in [0.3, 0.4) is 0 Å². The molecule has 10 heteroatoms. The number of rotatable bonds is 8. The van der Waals surface area contributed by atoms with Crippen molar-refractivity contribution >= 4 is 39.6 Å². The van der Waals surface area contributed by atoms with Gasteiger partial charge in [0.15, 0.2) is 5.75 Å². The molecule has 1 atom stereocenters. The van der Waals surface area contributed by atoms with Gasteiger partial charge in [-0.1, -0.05) is 36.0 Å². The predicted octanol–water partition coefficient (Wildman–Crippen LogP) is 4.68. The van der Waals surface area contributed by atoms with Crippen molar-refractivity contribution in [1.29, 1.82) is 0 Å². The molecule has 4 aromatic rings.